The van der Waals surface area contributed by atoms with Crippen molar-refractivity contribution in [2.75, 3.05) is 40.4 Å². The Labute approximate surface area is 260 Å². The SMILES string of the molecule is COc1ccc(C(=O)NC(CCN2CCC3(CC2)CCN(Cc2cccnc2)C3=O)c2ccccc2)cc1OC.Cl.Cl. The lowest BCUT2D eigenvalue weighted by molar-refractivity contribution is -0.138. The van der Waals surface area contributed by atoms with Crippen molar-refractivity contribution in [2.45, 2.75) is 38.3 Å². The lowest BCUT2D eigenvalue weighted by Gasteiger charge is -2.38. The van der Waals surface area contributed by atoms with Crippen LogP contribution in [-0.2, 0) is 11.3 Å². The largest absolute Gasteiger partial charge is 0.493 e. The number of ether oxygens (including phenoxy) is 2. The highest BCUT2D eigenvalue weighted by molar-refractivity contribution is 5.95. The van der Waals surface area contributed by atoms with E-state index in [0.717, 1.165) is 63.0 Å². The second-order valence-electron chi connectivity index (χ2n) is 10.8. The molecular formula is C32H40Cl2N4O4. The normalized spacial score (nSPS) is 16.7. The molecule has 42 heavy (non-hydrogen) atoms. The summed E-state index contributed by atoms with van der Waals surface area (Å²) in [6, 6.07) is 19.1. The smallest absolute Gasteiger partial charge is 0.251 e. The monoisotopic (exact) mass is 614 g/mol. The molecule has 0 saturated carbocycles. The summed E-state index contributed by atoms with van der Waals surface area (Å²) < 4.78 is 10.7. The van der Waals surface area contributed by atoms with Gasteiger partial charge < -0.3 is 24.6 Å². The molecule has 0 aliphatic carbocycles. The van der Waals surface area contributed by atoms with Crippen LogP contribution in [0.25, 0.3) is 0 Å². The zero-order valence-electron chi connectivity index (χ0n) is 24.2. The number of pyridine rings is 1. The number of amides is 2. The molecule has 2 saturated heterocycles. The van der Waals surface area contributed by atoms with Gasteiger partial charge >= 0.3 is 0 Å². The van der Waals surface area contributed by atoms with Crippen LogP contribution in [0, 0.1) is 5.41 Å². The number of methoxy groups -OCH3 is 2. The second-order valence-corrected chi connectivity index (χ2v) is 10.8. The molecule has 3 aromatic rings. The van der Waals surface area contributed by atoms with E-state index in [-0.39, 0.29) is 42.2 Å². The van der Waals surface area contributed by atoms with Crippen LogP contribution in [0.3, 0.4) is 0 Å². The van der Waals surface area contributed by atoms with Crippen molar-refractivity contribution in [2.24, 2.45) is 5.41 Å². The zero-order chi connectivity index (χ0) is 28.0. The fraction of sp³-hybridized carbons (Fsp3) is 0.406. The molecule has 2 aromatic carbocycles. The molecule has 226 valence electrons. The second kappa shape index (κ2) is 15.2. The molecule has 2 fully saturated rings. The minimum Gasteiger partial charge on any atom is -0.493 e. The Morgan fingerprint density at radius 3 is 2.33 bits per heavy atom. The van der Waals surface area contributed by atoms with Gasteiger partial charge in [-0.1, -0.05) is 36.4 Å². The van der Waals surface area contributed by atoms with Gasteiger partial charge in [0.25, 0.3) is 5.91 Å². The van der Waals surface area contributed by atoms with Gasteiger partial charge in [0.2, 0.25) is 5.91 Å². The van der Waals surface area contributed by atoms with Gasteiger partial charge in [-0.25, -0.2) is 0 Å². The Bertz CT molecular complexity index is 1300. The molecule has 8 nitrogen and oxygen atoms in total. The van der Waals surface area contributed by atoms with Crippen molar-refractivity contribution in [3.05, 3.63) is 89.7 Å². The summed E-state index contributed by atoms with van der Waals surface area (Å²) in [7, 11) is 3.14. The van der Waals surface area contributed by atoms with E-state index in [2.05, 4.69) is 27.3 Å². The average molecular weight is 616 g/mol. The maximum absolute atomic E-state index is 13.4. The van der Waals surface area contributed by atoms with Gasteiger partial charge in [0, 0.05) is 37.6 Å². The molecule has 5 rings (SSSR count). The first-order valence-corrected chi connectivity index (χ1v) is 14.0. The van der Waals surface area contributed by atoms with E-state index < -0.39 is 0 Å². The zero-order valence-corrected chi connectivity index (χ0v) is 25.8. The molecule has 10 heteroatoms. The van der Waals surface area contributed by atoms with Crippen molar-refractivity contribution in [1.29, 1.82) is 0 Å². The summed E-state index contributed by atoms with van der Waals surface area (Å²) >= 11 is 0. The van der Waals surface area contributed by atoms with Crippen molar-refractivity contribution < 1.29 is 19.1 Å². The summed E-state index contributed by atoms with van der Waals surface area (Å²) in [4.78, 5) is 35.3. The predicted octanol–water partition coefficient (Wildman–Crippen LogP) is 5.32. The number of hydrogen-bond acceptors (Lipinski definition) is 6. The van der Waals surface area contributed by atoms with Crippen LogP contribution in [0.5, 0.6) is 11.5 Å². The van der Waals surface area contributed by atoms with E-state index in [1.54, 1.807) is 38.6 Å². The standard InChI is InChI=1S/C32H38N4O4.2ClH/c1-39-28-11-10-26(21-29(28)40-2)30(37)34-27(25-8-4-3-5-9-25)12-17-35-18-13-32(14-19-35)15-20-36(31(32)38)23-24-7-6-16-33-22-24;;/h3-11,16,21-22,27H,12-15,17-20,23H2,1-2H3,(H,34,37);2*1H. The van der Waals surface area contributed by atoms with Gasteiger partial charge in [-0.2, -0.15) is 0 Å². The van der Waals surface area contributed by atoms with E-state index in [1.165, 1.54) is 0 Å². The van der Waals surface area contributed by atoms with Crippen LogP contribution in [0.4, 0.5) is 0 Å². The number of likely N-dealkylation sites (tertiary alicyclic amines) is 2. The third-order valence-electron chi connectivity index (χ3n) is 8.40. The Balaban J connectivity index is 0.00000242. The quantitative estimate of drug-likeness (QED) is 0.333. The van der Waals surface area contributed by atoms with Gasteiger partial charge in [0.15, 0.2) is 11.5 Å². The van der Waals surface area contributed by atoms with Gasteiger partial charge in [0.05, 0.1) is 25.7 Å². The topological polar surface area (TPSA) is 84.0 Å². The van der Waals surface area contributed by atoms with Crippen LogP contribution >= 0.6 is 24.8 Å². The first-order valence-electron chi connectivity index (χ1n) is 14.0. The minimum absolute atomic E-state index is 0. The van der Waals surface area contributed by atoms with Crippen LogP contribution in [0.1, 0.15) is 53.2 Å². The molecule has 0 radical (unpaired) electrons. The molecule has 1 N–H and O–H groups in total. The summed E-state index contributed by atoms with van der Waals surface area (Å²) in [5.41, 5.74) is 2.43. The van der Waals surface area contributed by atoms with Gasteiger partial charge in [-0.3, -0.25) is 14.6 Å². The highest BCUT2D eigenvalue weighted by Crippen LogP contribution is 2.42. The first kappa shape index (κ1) is 33.2. The molecule has 1 aromatic heterocycles. The predicted molar refractivity (Wildman–Crippen MR) is 168 cm³/mol. The van der Waals surface area contributed by atoms with Gasteiger partial charge in [0.1, 0.15) is 0 Å². The number of halogens is 2. The van der Waals surface area contributed by atoms with Crippen LogP contribution < -0.4 is 14.8 Å². The minimum atomic E-state index is -0.237. The number of nitrogens with one attached hydrogen (secondary N) is 1. The Morgan fingerprint density at radius 1 is 0.952 bits per heavy atom. The highest BCUT2D eigenvalue weighted by atomic mass is 35.5. The van der Waals surface area contributed by atoms with Crippen LogP contribution in [0.2, 0.25) is 0 Å². The Kier molecular flexibility index (Phi) is 12.0. The third kappa shape index (κ3) is 7.54. The molecule has 2 aliphatic heterocycles. The maximum atomic E-state index is 13.4. The van der Waals surface area contributed by atoms with Crippen molar-refractivity contribution in [3.8, 4) is 11.5 Å². The average Bonchev–Trinajstić information content (AvgIpc) is 3.30. The molecule has 1 spiro atoms. The lowest BCUT2D eigenvalue weighted by atomic mass is 9.77. The van der Waals surface area contributed by atoms with E-state index in [0.29, 0.717) is 29.5 Å². The lowest BCUT2D eigenvalue weighted by Crippen LogP contribution is -2.45. The number of benzene rings is 2. The third-order valence-corrected chi connectivity index (χ3v) is 8.40. The molecule has 2 amide bonds. The fourth-order valence-electron chi connectivity index (χ4n) is 5.96. The van der Waals surface area contributed by atoms with E-state index in [4.69, 9.17) is 9.47 Å². The van der Waals surface area contributed by atoms with Crippen molar-refractivity contribution in [1.82, 2.24) is 20.1 Å². The Hall–Kier alpha value is -3.33. The number of hydrogen-bond donors (Lipinski definition) is 1. The number of rotatable bonds is 10. The summed E-state index contributed by atoms with van der Waals surface area (Å²) in [6.45, 7) is 4.06. The summed E-state index contributed by atoms with van der Waals surface area (Å²) in [5.74, 6) is 1.24. The summed E-state index contributed by atoms with van der Waals surface area (Å²) in [6.07, 6.45) is 7.06. The molecule has 3 heterocycles. The summed E-state index contributed by atoms with van der Waals surface area (Å²) in [5, 5.41) is 3.23. The number of carbonyl (C=O) groups excluding carboxylic acids is 2. The van der Waals surface area contributed by atoms with Crippen LogP contribution in [-0.4, -0.2) is 67.0 Å². The van der Waals surface area contributed by atoms with Gasteiger partial charge in [-0.05, 0) is 74.2 Å². The van der Waals surface area contributed by atoms with E-state index >= 15 is 0 Å². The molecule has 1 unspecified atom stereocenters. The fourth-order valence-corrected chi connectivity index (χ4v) is 5.96. The molecule has 2 aliphatic rings. The van der Waals surface area contributed by atoms with E-state index in [9.17, 15) is 9.59 Å². The maximum Gasteiger partial charge on any atom is 0.251 e. The molecular weight excluding hydrogens is 575 g/mol. The Morgan fingerprint density at radius 2 is 1.67 bits per heavy atom. The molecule has 1 atom stereocenters. The van der Waals surface area contributed by atoms with Gasteiger partial charge in [-0.15, -0.1) is 24.8 Å². The highest BCUT2D eigenvalue weighted by Gasteiger charge is 2.47. The van der Waals surface area contributed by atoms with Crippen LogP contribution in [0.15, 0.2) is 73.1 Å². The van der Waals surface area contributed by atoms with Crippen molar-refractivity contribution in [3.63, 3.8) is 0 Å². The number of carbonyl (C=O) groups is 2. The number of aromatic nitrogens is 1. The van der Waals surface area contributed by atoms with E-state index in [1.807, 2.05) is 41.4 Å². The number of piperidine rings is 1. The first-order chi connectivity index (χ1) is 19.5. The number of nitrogens with zero attached hydrogens (tertiary/aromatic N) is 3. The van der Waals surface area contributed by atoms with Crippen molar-refractivity contribution >= 4 is 36.6 Å². The molecule has 0 bridgehead atoms.